The highest BCUT2D eigenvalue weighted by Gasteiger charge is 2.32. The van der Waals surface area contributed by atoms with Crippen LogP contribution in [0.3, 0.4) is 0 Å². The van der Waals surface area contributed by atoms with Gasteiger partial charge in [-0.2, -0.15) is 0 Å². The van der Waals surface area contributed by atoms with Gasteiger partial charge < -0.3 is 10.8 Å². The molecule has 0 heterocycles. The molecule has 1 fully saturated rings. The van der Waals surface area contributed by atoms with Crippen LogP contribution < -0.4 is 5.73 Å². The standard InChI is InChI=1S/C23H35N.CH4O/c1-3-4-5-6-7-8-18-9-10-20-16-21(12-11-19(20)15-18)22-13-14-23(2,24)17-22;1-2/h3-4,11-12,16,18,22H,5-10,13-15,17,24H2,1-2H3;2H,1H3/b4-3-;/t18-,22-,23+;/m0./s1. The van der Waals surface area contributed by atoms with Gasteiger partial charge in [0.15, 0.2) is 0 Å². The van der Waals surface area contributed by atoms with Crippen LogP contribution in [-0.2, 0) is 12.8 Å². The van der Waals surface area contributed by atoms with Gasteiger partial charge in [0.1, 0.15) is 0 Å². The molecule has 1 aromatic rings. The van der Waals surface area contributed by atoms with Crippen molar-refractivity contribution in [1.82, 2.24) is 0 Å². The molecule has 2 nitrogen and oxygen atoms in total. The minimum atomic E-state index is 0.0542. The SMILES string of the molecule is C/C=C\CCCC[C@H]1CCc2cc([C@H]3CC[C@@](C)(N)C3)ccc2C1.CO. The molecule has 0 radical (unpaired) electrons. The largest absolute Gasteiger partial charge is 0.400 e. The average molecular weight is 358 g/mol. The normalized spacial score (nSPS) is 27.9. The fourth-order valence-corrected chi connectivity index (χ4v) is 4.77. The molecule has 0 unspecified atom stereocenters. The third kappa shape index (κ3) is 5.96. The number of allylic oxidation sites excluding steroid dienone is 2. The van der Waals surface area contributed by atoms with Gasteiger partial charge in [-0.1, -0.05) is 43.2 Å². The molecule has 2 heteroatoms. The summed E-state index contributed by atoms with van der Waals surface area (Å²) < 4.78 is 0. The summed E-state index contributed by atoms with van der Waals surface area (Å²) >= 11 is 0. The Bertz CT molecular complexity index is 576. The van der Waals surface area contributed by atoms with Crippen molar-refractivity contribution in [1.29, 1.82) is 0 Å². The summed E-state index contributed by atoms with van der Waals surface area (Å²) in [6.45, 7) is 4.33. The Kier molecular flexibility index (Phi) is 8.37. The zero-order valence-corrected chi connectivity index (χ0v) is 17.1. The van der Waals surface area contributed by atoms with Gasteiger partial charge >= 0.3 is 0 Å². The van der Waals surface area contributed by atoms with E-state index < -0.39 is 0 Å². The van der Waals surface area contributed by atoms with Crippen LogP contribution in [0.5, 0.6) is 0 Å². The van der Waals surface area contributed by atoms with Crippen LogP contribution in [0.1, 0.15) is 87.8 Å². The molecule has 0 bridgehead atoms. The van der Waals surface area contributed by atoms with Crippen LogP contribution in [0.4, 0.5) is 0 Å². The van der Waals surface area contributed by atoms with Crippen molar-refractivity contribution in [2.24, 2.45) is 11.7 Å². The predicted octanol–water partition coefficient (Wildman–Crippen LogP) is 5.52. The molecule has 3 atom stereocenters. The number of nitrogens with two attached hydrogens (primary N) is 1. The quantitative estimate of drug-likeness (QED) is 0.520. The molecule has 0 saturated heterocycles. The predicted molar refractivity (Wildman–Crippen MR) is 113 cm³/mol. The minimum absolute atomic E-state index is 0.0542. The van der Waals surface area contributed by atoms with Crippen molar-refractivity contribution in [2.75, 3.05) is 7.11 Å². The Balaban J connectivity index is 0.00000117. The van der Waals surface area contributed by atoms with Gasteiger partial charge in [0, 0.05) is 12.6 Å². The maximum absolute atomic E-state index is 7.00. The monoisotopic (exact) mass is 357 g/mol. The second-order valence-electron chi connectivity index (χ2n) is 8.58. The van der Waals surface area contributed by atoms with Gasteiger partial charge in [-0.3, -0.25) is 0 Å². The maximum atomic E-state index is 7.00. The summed E-state index contributed by atoms with van der Waals surface area (Å²) in [6, 6.07) is 7.35. The molecule has 26 heavy (non-hydrogen) atoms. The Morgan fingerprint density at radius 1 is 1.19 bits per heavy atom. The molecule has 2 aliphatic carbocycles. The van der Waals surface area contributed by atoms with Gasteiger partial charge in [-0.15, -0.1) is 0 Å². The Morgan fingerprint density at radius 3 is 2.69 bits per heavy atom. The number of fused-ring (bicyclic) bond motifs is 1. The van der Waals surface area contributed by atoms with E-state index in [1.165, 1.54) is 57.8 Å². The van der Waals surface area contributed by atoms with Gasteiger partial charge in [0.05, 0.1) is 0 Å². The number of hydrogen-bond acceptors (Lipinski definition) is 2. The topological polar surface area (TPSA) is 46.2 Å². The second-order valence-corrected chi connectivity index (χ2v) is 8.58. The van der Waals surface area contributed by atoms with Gasteiger partial charge in [0.25, 0.3) is 0 Å². The van der Waals surface area contributed by atoms with Crippen LogP contribution in [-0.4, -0.2) is 17.8 Å². The maximum Gasteiger partial charge on any atom is 0.0319 e. The molecule has 0 spiro atoms. The van der Waals surface area contributed by atoms with E-state index in [4.69, 9.17) is 10.8 Å². The number of aryl methyl sites for hydroxylation is 1. The van der Waals surface area contributed by atoms with Crippen molar-refractivity contribution < 1.29 is 5.11 Å². The average Bonchev–Trinajstić information content (AvgIpc) is 3.02. The first kappa shape index (κ1) is 21.2. The van der Waals surface area contributed by atoms with E-state index in [2.05, 4.69) is 44.2 Å². The van der Waals surface area contributed by atoms with E-state index in [1.54, 1.807) is 16.7 Å². The van der Waals surface area contributed by atoms with Crippen molar-refractivity contribution in [2.45, 2.75) is 89.5 Å². The summed E-state index contributed by atoms with van der Waals surface area (Å²) in [6.07, 6.45) is 17.4. The number of benzene rings is 1. The van der Waals surface area contributed by atoms with E-state index >= 15 is 0 Å². The smallest absolute Gasteiger partial charge is 0.0319 e. The summed E-state index contributed by atoms with van der Waals surface area (Å²) in [7, 11) is 1.00. The molecule has 3 rings (SSSR count). The van der Waals surface area contributed by atoms with Crippen LogP contribution in [0.25, 0.3) is 0 Å². The van der Waals surface area contributed by atoms with Crippen molar-refractivity contribution >= 4 is 0 Å². The Hall–Kier alpha value is -1.12. The van der Waals surface area contributed by atoms with E-state index in [1.807, 2.05) is 0 Å². The number of aliphatic hydroxyl groups is 1. The highest BCUT2D eigenvalue weighted by atomic mass is 16.2. The molecule has 3 N–H and O–H groups in total. The van der Waals surface area contributed by atoms with E-state index in [0.29, 0.717) is 5.92 Å². The highest BCUT2D eigenvalue weighted by molar-refractivity contribution is 5.36. The third-order valence-electron chi connectivity index (χ3n) is 6.28. The van der Waals surface area contributed by atoms with Crippen LogP contribution in [0.15, 0.2) is 30.4 Å². The third-order valence-corrected chi connectivity index (χ3v) is 6.28. The molecule has 2 aliphatic rings. The van der Waals surface area contributed by atoms with Crippen LogP contribution >= 0.6 is 0 Å². The lowest BCUT2D eigenvalue weighted by Crippen LogP contribution is -2.32. The fraction of sp³-hybridized carbons (Fsp3) is 0.667. The van der Waals surface area contributed by atoms with E-state index in [-0.39, 0.29) is 5.54 Å². The lowest BCUT2D eigenvalue weighted by Gasteiger charge is -2.26. The van der Waals surface area contributed by atoms with Crippen LogP contribution in [0, 0.1) is 5.92 Å². The van der Waals surface area contributed by atoms with Gasteiger partial charge in [0.2, 0.25) is 0 Å². The summed E-state index contributed by atoms with van der Waals surface area (Å²) in [5.74, 6) is 1.60. The molecule has 0 aromatic heterocycles. The molecule has 146 valence electrons. The Morgan fingerprint density at radius 2 is 2.00 bits per heavy atom. The van der Waals surface area contributed by atoms with Crippen molar-refractivity contribution in [3.8, 4) is 0 Å². The number of unbranched alkanes of at least 4 members (excludes halogenated alkanes) is 2. The van der Waals surface area contributed by atoms with Crippen molar-refractivity contribution in [3.05, 3.63) is 47.0 Å². The zero-order valence-electron chi connectivity index (χ0n) is 17.1. The van der Waals surface area contributed by atoms with Gasteiger partial charge in [-0.05, 0) is 93.7 Å². The lowest BCUT2D eigenvalue weighted by atomic mass is 9.79. The molecule has 0 amide bonds. The molecule has 0 aliphatic heterocycles. The fourth-order valence-electron chi connectivity index (χ4n) is 4.77. The molecule has 1 saturated carbocycles. The molecule has 1 aromatic carbocycles. The van der Waals surface area contributed by atoms with Gasteiger partial charge in [-0.25, -0.2) is 0 Å². The van der Waals surface area contributed by atoms with Crippen LogP contribution in [0.2, 0.25) is 0 Å². The highest BCUT2D eigenvalue weighted by Crippen LogP contribution is 2.40. The number of hydrogen-bond donors (Lipinski definition) is 2. The number of aliphatic hydroxyl groups excluding tert-OH is 1. The molecular formula is C24H39NO. The number of rotatable bonds is 6. The van der Waals surface area contributed by atoms with E-state index in [9.17, 15) is 0 Å². The summed E-state index contributed by atoms with van der Waals surface area (Å²) in [5, 5.41) is 7.00. The minimum Gasteiger partial charge on any atom is -0.400 e. The first-order chi connectivity index (χ1) is 12.6. The lowest BCUT2D eigenvalue weighted by molar-refractivity contribution is 0.399. The van der Waals surface area contributed by atoms with E-state index in [0.717, 1.165) is 19.4 Å². The first-order valence-corrected chi connectivity index (χ1v) is 10.5. The van der Waals surface area contributed by atoms with Crippen molar-refractivity contribution in [3.63, 3.8) is 0 Å². The zero-order chi connectivity index (χ0) is 19.0. The Labute approximate surface area is 160 Å². The second kappa shape index (κ2) is 10.3. The molecular weight excluding hydrogens is 318 g/mol. The summed E-state index contributed by atoms with van der Waals surface area (Å²) in [5.41, 5.74) is 11.2. The summed E-state index contributed by atoms with van der Waals surface area (Å²) in [4.78, 5) is 0. The first-order valence-electron chi connectivity index (χ1n) is 10.5.